The summed E-state index contributed by atoms with van der Waals surface area (Å²) in [4.78, 5) is 5.36. The number of nitrogens with zero attached hydrogens (tertiary/aromatic N) is 4. The molecule has 5 nitrogen and oxygen atoms in total. The summed E-state index contributed by atoms with van der Waals surface area (Å²) in [6.07, 6.45) is 0. The van der Waals surface area contributed by atoms with Gasteiger partial charge >= 0.3 is 0 Å². The Morgan fingerprint density at radius 2 is 1.10 bits per heavy atom. The zero-order valence-electron chi connectivity index (χ0n) is 25.6. The van der Waals surface area contributed by atoms with E-state index in [1.807, 2.05) is 0 Å². The number of rotatable bonds is 3. The van der Waals surface area contributed by atoms with Crippen molar-refractivity contribution < 1.29 is 4.42 Å². The van der Waals surface area contributed by atoms with Crippen LogP contribution in [0.1, 0.15) is 0 Å². The van der Waals surface area contributed by atoms with Gasteiger partial charge in [-0.1, -0.05) is 78.9 Å². The number of benzene rings is 7. The first-order valence-electron chi connectivity index (χ1n) is 16.3. The zero-order chi connectivity index (χ0) is 31.1. The predicted molar refractivity (Wildman–Crippen MR) is 196 cm³/mol. The first kappa shape index (κ1) is 24.6. The molecular formula is C43H24N4O. The molecule has 0 fully saturated rings. The molecule has 12 aromatic rings. The first-order valence-corrected chi connectivity index (χ1v) is 16.3. The highest BCUT2D eigenvalue weighted by molar-refractivity contribution is 6.37. The van der Waals surface area contributed by atoms with Crippen LogP contribution >= 0.6 is 0 Å². The zero-order valence-corrected chi connectivity index (χ0v) is 25.6. The Bertz CT molecular complexity index is 3210. The van der Waals surface area contributed by atoms with Crippen LogP contribution in [-0.2, 0) is 0 Å². The van der Waals surface area contributed by atoms with Crippen LogP contribution in [0, 0.1) is 0 Å². The molecule has 0 unspecified atom stereocenters. The average Bonchev–Trinajstić information content (AvgIpc) is 3.86. The Balaban J connectivity index is 1.26. The molecular weight excluding hydrogens is 589 g/mol. The summed E-state index contributed by atoms with van der Waals surface area (Å²) in [7, 11) is 0. The van der Waals surface area contributed by atoms with E-state index in [0.717, 1.165) is 44.9 Å². The van der Waals surface area contributed by atoms with Gasteiger partial charge in [-0.2, -0.15) is 0 Å². The van der Waals surface area contributed by atoms with E-state index in [4.69, 9.17) is 9.40 Å². The molecule has 0 radical (unpaired) electrons. The fourth-order valence-electron chi connectivity index (χ4n) is 8.43. The molecule has 0 aliphatic carbocycles. The van der Waals surface area contributed by atoms with Gasteiger partial charge < -0.3 is 8.82 Å². The Morgan fingerprint density at radius 1 is 0.417 bits per heavy atom. The number of furan rings is 1. The van der Waals surface area contributed by atoms with Crippen LogP contribution in [0.15, 0.2) is 150 Å². The SMILES string of the molecule is c1ccc(-c2ccc(-n3c(-n4c5ccc6oc7ccc8c9ccccc9n9c%10cccc4c%10c5c6c7c89)nc4ccccc43)cc2)cc1. The summed E-state index contributed by atoms with van der Waals surface area (Å²) < 4.78 is 13.7. The van der Waals surface area contributed by atoms with E-state index in [1.54, 1.807) is 0 Å². The summed E-state index contributed by atoms with van der Waals surface area (Å²) in [5.74, 6) is 0.858. The number of para-hydroxylation sites is 3. The van der Waals surface area contributed by atoms with E-state index < -0.39 is 0 Å². The highest BCUT2D eigenvalue weighted by atomic mass is 16.3. The fraction of sp³-hybridized carbons (Fsp3) is 0. The van der Waals surface area contributed by atoms with Crippen LogP contribution in [0.4, 0.5) is 0 Å². The molecule has 12 rings (SSSR count). The summed E-state index contributed by atoms with van der Waals surface area (Å²) in [6.45, 7) is 0. The van der Waals surface area contributed by atoms with Crippen molar-refractivity contribution in [3.05, 3.63) is 146 Å². The van der Waals surface area contributed by atoms with Crippen LogP contribution in [0.2, 0.25) is 0 Å². The molecule has 5 aromatic heterocycles. The van der Waals surface area contributed by atoms with Crippen molar-refractivity contribution in [2.75, 3.05) is 0 Å². The summed E-state index contributed by atoms with van der Waals surface area (Å²) >= 11 is 0. The predicted octanol–water partition coefficient (Wildman–Crippen LogP) is 11.1. The van der Waals surface area contributed by atoms with Crippen molar-refractivity contribution >= 4 is 82.1 Å². The van der Waals surface area contributed by atoms with Gasteiger partial charge in [0.1, 0.15) is 11.2 Å². The number of hydrogen-bond acceptors (Lipinski definition) is 2. The normalized spacial score (nSPS) is 12.6. The Hall–Kier alpha value is -6.59. The lowest BCUT2D eigenvalue weighted by molar-refractivity contribution is 0.669. The van der Waals surface area contributed by atoms with Gasteiger partial charge in [0.2, 0.25) is 5.95 Å². The third kappa shape index (κ3) is 2.91. The maximum absolute atomic E-state index is 6.60. The minimum absolute atomic E-state index is 0.858. The second-order valence-electron chi connectivity index (χ2n) is 12.8. The quantitative estimate of drug-likeness (QED) is 0.199. The minimum atomic E-state index is 0.858. The second kappa shape index (κ2) is 8.60. The molecule has 0 saturated heterocycles. The van der Waals surface area contributed by atoms with E-state index in [9.17, 15) is 0 Å². The van der Waals surface area contributed by atoms with Gasteiger partial charge in [0, 0.05) is 32.6 Å². The Morgan fingerprint density at radius 3 is 2.00 bits per heavy atom. The molecule has 7 aromatic carbocycles. The maximum Gasteiger partial charge on any atom is 0.220 e. The van der Waals surface area contributed by atoms with Crippen LogP contribution in [0.25, 0.3) is 105 Å². The van der Waals surface area contributed by atoms with Crippen LogP contribution in [0.5, 0.6) is 0 Å². The molecule has 0 amide bonds. The number of aromatic nitrogens is 4. The summed E-state index contributed by atoms with van der Waals surface area (Å²) in [5.41, 5.74) is 13.1. The molecule has 222 valence electrons. The van der Waals surface area contributed by atoms with Gasteiger partial charge in [-0.3, -0.25) is 9.13 Å². The van der Waals surface area contributed by atoms with Crippen molar-refractivity contribution in [3.8, 4) is 22.8 Å². The summed E-state index contributed by atoms with van der Waals surface area (Å²) in [5, 5.41) is 7.24. The first-order chi connectivity index (χ1) is 23.8. The lowest BCUT2D eigenvalue weighted by Crippen LogP contribution is -2.05. The molecule has 5 heteroatoms. The molecule has 0 aliphatic rings. The van der Waals surface area contributed by atoms with Gasteiger partial charge in [0.15, 0.2) is 0 Å². The van der Waals surface area contributed by atoms with E-state index in [0.29, 0.717) is 0 Å². The van der Waals surface area contributed by atoms with E-state index in [1.165, 1.54) is 60.0 Å². The topological polar surface area (TPSA) is 40.3 Å². The standard InChI is InChI=1S/C43H24N4O/c1-2-9-25(10-3-1)26-17-19-27(20-18-26)45-32-14-7-5-12-30(32)44-43(45)47-34-16-8-15-33-38(34)39-35(47)22-24-36-40(39)41-37(48-36)23-21-29-28-11-4-6-13-31(28)46(33)42(29)41/h1-24H. The second-order valence-corrected chi connectivity index (χ2v) is 12.8. The molecule has 0 saturated carbocycles. The Kier molecular flexibility index (Phi) is 4.41. The smallest absolute Gasteiger partial charge is 0.220 e. The molecule has 0 N–H and O–H groups in total. The molecule has 0 spiro atoms. The molecule has 0 bridgehead atoms. The third-order valence-corrected chi connectivity index (χ3v) is 10.4. The number of hydrogen-bond donors (Lipinski definition) is 0. The van der Waals surface area contributed by atoms with Crippen molar-refractivity contribution in [3.63, 3.8) is 0 Å². The third-order valence-electron chi connectivity index (χ3n) is 10.4. The van der Waals surface area contributed by atoms with E-state index in [2.05, 4.69) is 159 Å². The molecule has 48 heavy (non-hydrogen) atoms. The maximum atomic E-state index is 6.60. The van der Waals surface area contributed by atoms with Crippen molar-refractivity contribution in [1.82, 2.24) is 18.5 Å². The van der Waals surface area contributed by atoms with Crippen molar-refractivity contribution in [2.24, 2.45) is 0 Å². The van der Waals surface area contributed by atoms with Crippen molar-refractivity contribution in [1.29, 1.82) is 0 Å². The van der Waals surface area contributed by atoms with Gasteiger partial charge in [0.25, 0.3) is 0 Å². The lowest BCUT2D eigenvalue weighted by atomic mass is 10.0. The Labute approximate surface area is 272 Å². The van der Waals surface area contributed by atoms with Crippen LogP contribution < -0.4 is 0 Å². The van der Waals surface area contributed by atoms with Gasteiger partial charge in [0.05, 0.1) is 44.0 Å². The summed E-state index contributed by atoms with van der Waals surface area (Å²) in [6, 6.07) is 51.9. The largest absolute Gasteiger partial charge is 0.456 e. The molecule has 0 aliphatic heterocycles. The highest BCUT2D eigenvalue weighted by Crippen LogP contribution is 2.48. The van der Waals surface area contributed by atoms with E-state index >= 15 is 0 Å². The molecule has 0 atom stereocenters. The van der Waals surface area contributed by atoms with Gasteiger partial charge in [-0.25, -0.2) is 4.98 Å². The van der Waals surface area contributed by atoms with E-state index in [-0.39, 0.29) is 0 Å². The number of fused-ring (bicyclic) bond motifs is 5. The highest BCUT2D eigenvalue weighted by Gasteiger charge is 2.27. The fourth-order valence-corrected chi connectivity index (χ4v) is 8.43. The van der Waals surface area contributed by atoms with Crippen molar-refractivity contribution in [2.45, 2.75) is 0 Å². The minimum Gasteiger partial charge on any atom is -0.456 e. The molecule has 5 heterocycles. The monoisotopic (exact) mass is 612 g/mol. The van der Waals surface area contributed by atoms with Crippen LogP contribution in [-0.4, -0.2) is 18.5 Å². The van der Waals surface area contributed by atoms with Gasteiger partial charge in [-0.15, -0.1) is 0 Å². The van der Waals surface area contributed by atoms with Gasteiger partial charge in [-0.05, 0) is 77.9 Å². The van der Waals surface area contributed by atoms with Crippen LogP contribution in [0.3, 0.4) is 0 Å². The lowest BCUT2D eigenvalue weighted by Gasteiger charge is -2.13. The number of imidazole rings is 1. The average molecular weight is 613 g/mol.